The summed E-state index contributed by atoms with van der Waals surface area (Å²) in [5.74, 6) is 0. The number of hydrogen-bond donors (Lipinski definition) is 0. The fraction of sp³-hybridized carbons (Fsp3) is 0.600. The molecule has 0 aromatic heterocycles. The van der Waals surface area contributed by atoms with Gasteiger partial charge < -0.3 is 9.47 Å². The minimum atomic E-state index is -0.170. The molecule has 2 rings (SSSR count). The average molecular weight is 302 g/mol. The maximum atomic E-state index is 6.06. The molecule has 2 nitrogen and oxygen atoms in total. The van der Waals surface area contributed by atoms with E-state index in [-0.39, 0.29) is 11.7 Å². The molecule has 2 heteroatoms. The second-order valence-corrected chi connectivity index (χ2v) is 6.71. The Labute approximate surface area is 135 Å². The first-order valence-corrected chi connectivity index (χ1v) is 8.65. The first kappa shape index (κ1) is 17.2. The molecule has 0 atom stereocenters. The Morgan fingerprint density at radius 3 is 2.41 bits per heavy atom. The monoisotopic (exact) mass is 302 g/mol. The normalized spacial score (nSPS) is 26.1. The van der Waals surface area contributed by atoms with Gasteiger partial charge in [-0.2, -0.15) is 0 Å². The van der Waals surface area contributed by atoms with Crippen LogP contribution in [0.4, 0.5) is 0 Å². The van der Waals surface area contributed by atoms with Gasteiger partial charge in [0.2, 0.25) is 0 Å². The summed E-state index contributed by atoms with van der Waals surface area (Å²) < 4.78 is 12.1. The molecular formula is C20H30O2. The van der Waals surface area contributed by atoms with E-state index in [0.717, 1.165) is 26.1 Å². The van der Waals surface area contributed by atoms with Crippen LogP contribution < -0.4 is 0 Å². The van der Waals surface area contributed by atoms with Crippen molar-refractivity contribution in [1.82, 2.24) is 0 Å². The van der Waals surface area contributed by atoms with Gasteiger partial charge in [-0.25, -0.2) is 0 Å². The van der Waals surface area contributed by atoms with Crippen LogP contribution in [0, 0.1) is 5.41 Å². The van der Waals surface area contributed by atoms with Crippen molar-refractivity contribution in [2.75, 3.05) is 13.2 Å². The van der Waals surface area contributed by atoms with E-state index in [9.17, 15) is 0 Å². The molecular weight excluding hydrogens is 272 g/mol. The minimum absolute atomic E-state index is 0.164. The Bertz CT molecular complexity index is 456. The van der Waals surface area contributed by atoms with Crippen molar-refractivity contribution in [1.29, 1.82) is 0 Å². The molecule has 122 valence electrons. The van der Waals surface area contributed by atoms with Crippen molar-refractivity contribution >= 4 is 6.08 Å². The minimum Gasteiger partial charge on any atom is -0.348 e. The summed E-state index contributed by atoms with van der Waals surface area (Å²) in [4.78, 5) is 0. The molecule has 1 heterocycles. The fourth-order valence-electron chi connectivity index (χ4n) is 2.66. The second kappa shape index (κ2) is 8.50. The standard InChI is InChI=1S/C20H30O2/c1-4-6-8-13-18(14-17-11-9-7-10-12-17)19-21-15-20(3,5-2)16-22-19/h7,9-12,14,19H,4-6,8,13,15-16H2,1-3H3/b18-14-. The smallest absolute Gasteiger partial charge is 0.180 e. The number of benzene rings is 1. The van der Waals surface area contributed by atoms with Crippen molar-refractivity contribution in [3.63, 3.8) is 0 Å². The first-order chi connectivity index (χ1) is 10.7. The Morgan fingerprint density at radius 1 is 1.14 bits per heavy atom. The molecule has 0 aliphatic carbocycles. The Kier molecular flexibility index (Phi) is 6.66. The highest BCUT2D eigenvalue weighted by Gasteiger charge is 2.32. The molecule has 0 radical (unpaired) electrons. The third kappa shape index (κ3) is 4.96. The van der Waals surface area contributed by atoms with Gasteiger partial charge in [-0.1, -0.05) is 70.0 Å². The van der Waals surface area contributed by atoms with Crippen LogP contribution in [0.1, 0.15) is 58.4 Å². The molecule has 1 saturated heterocycles. The first-order valence-electron chi connectivity index (χ1n) is 8.65. The Morgan fingerprint density at radius 2 is 1.82 bits per heavy atom. The Hall–Kier alpha value is -1.12. The highest BCUT2D eigenvalue weighted by molar-refractivity contribution is 5.53. The maximum absolute atomic E-state index is 6.06. The lowest BCUT2D eigenvalue weighted by atomic mass is 9.89. The summed E-state index contributed by atoms with van der Waals surface area (Å²) in [6.45, 7) is 8.25. The van der Waals surface area contributed by atoms with E-state index in [2.05, 4.69) is 51.1 Å². The molecule has 1 aromatic rings. The van der Waals surface area contributed by atoms with Crippen LogP contribution in [0.25, 0.3) is 6.08 Å². The zero-order chi connectivity index (χ0) is 15.8. The van der Waals surface area contributed by atoms with E-state index in [1.807, 2.05) is 6.07 Å². The third-order valence-corrected chi connectivity index (χ3v) is 4.54. The van der Waals surface area contributed by atoms with Crippen molar-refractivity contribution in [2.45, 2.75) is 59.2 Å². The van der Waals surface area contributed by atoms with Gasteiger partial charge in [0.25, 0.3) is 0 Å². The zero-order valence-electron chi connectivity index (χ0n) is 14.3. The second-order valence-electron chi connectivity index (χ2n) is 6.71. The average Bonchev–Trinajstić information content (AvgIpc) is 2.56. The number of ether oxygens (including phenoxy) is 2. The predicted octanol–water partition coefficient (Wildman–Crippen LogP) is 5.44. The molecule has 0 N–H and O–H groups in total. The van der Waals surface area contributed by atoms with Gasteiger partial charge in [0.1, 0.15) is 0 Å². The van der Waals surface area contributed by atoms with E-state index < -0.39 is 0 Å². The number of rotatable bonds is 7. The zero-order valence-corrected chi connectivity index (χ0v) is 14.3. The van der Waals surface area contributed by atoms with Gasteiger partial charge in [-0.15, -0.1) is 0 Å². The predicted molar refractivity (Wildman–Crippen MR) is 92.7 cm³/mol. The lowest BCUT2D eigenvalue weighted by molar-refractivity contribution is -0.208. The molecule has 0 saturated carbocycles. The van der Waals surface area contributed by atoms with Gasteiger partial charge in [-0.05, 0) is 30.4 Å². The van der Waals surface area contributed by atoms with Crippen molar-refractivity contribution in [2.24, 2.45) is 5.41 Å². The molecule has 0 unspecified atom stereocenters. The maximum Gasteiger partial charge on any atom is 0.180 e. The fourth-order valence-corrected chi connectivity index (χ4v) is 2.66. The summed E-state index contributed by atoms with van der Waals surface area (Å²) in [6, 6.07) is 10.5. The van der Waals surface area contributed by atoms with Crippen LogP contribution in [0.2, 0.25) is 0 Å². The molecule has 1 aliphatic rings. The lowest BCUT2D eigenvalue weighted by Gasteiger charge is -2.37. The molecule has 0 bridgehead atoms. The van der Waals surface area contributed by atoms with Crippen molar-refractivity contribution in [3.05, 3.63) is 41.5 Å². The van der Waals surface area contributed by atoms with Gasteiger partial charge in [0.05, 0.1) is 13.2 Å². The SMILES string of the molecule is CCCCC/C(=C/c1ccccc1)C1OCC(C)(CC)CO1. The van der Waals surface area contributed by atoms with Crippen molar-refractivity contribution < 1.29 is 9.47 Å². The van der Waals surface area contributed by atoms with Crippen LogP contribution >= 0.6 is 0 Å². The van der Waals surface area contributed by atoms with E-state index in [0.29, 0.717) is 0 Å². The highest BCUT2D eigenvalue weighted by Crippen LogP contribution is 2.31. The molecule has 0 spiro atoms. The molecule has 0 amide bonds. The van der Waals surface area contributed by atoms with Crippen LogP contribution in [0.3, 0.4) is 0 Å². The lowest BCUT2D eigenvalue weighted by Crippen LogP contribution is -2.40. The topological polar surface area (TPSA) is 18.5 Å². The third-order valence-electron chi connectivity index (χ3n) is 4.54. The van der Waals surface area contributed by atoms with Gasteiger partial charge >= 0.3 is 0 Å². The van der Waals surface area contributed by atoms with Crippen molar-refractivity contribution in [3.8, 4) is 0 Å². The summed E-state index contributed by atoms with van der Waals surface area (Å²) in [7, 11) is 0. The molecule has 22 heavy (non-hydrogen) atoms. The van der Waals surface area contributed by atoms with Crippen LogP contribution in [0.5, 0.6) is 0 Å². The molecule has 1 aliphatic heterocycles. The largest absolute Gasteiger partial charge is 0.348 e. The van der Waals surface area contributed by atoms with Gasteiger partial charge in [-0.3, -0.25) is 0 Å². The number of unbranched alkanes of at least 4 members (excludes halogenated alkanes) is 2. The summed E-state index contributed by atoms with van der Waals surface area (Å²) >= 11 is 0. The van der Waals surface area contributed by atoms with Crippen LogP contribution in [0.15, 0.2) is 35.9 Å². The summed E-state index contributed by atoms with van der Waals surface area (Å²) in [5, 5.41) is 0. The van der Waals surface area contributed by atoms with Gasteiger partial charge in [0.15, 0.2) is 6.29 Å². The van der Waals surface area contributed by atoms with Crippen LogP contribution in [-0.4, -0.2) is 19.5 Å². The quantitative estimate of drug-likeness (QED) is 0.624. The number of hydrogen-bond acceptors (Lipinski definition) is 2. The summed E-state index contributed by atoms with van der Waals surface area (Å²) in [6.07, 6.45) is 7.91. The Balaban J connectivity index is 2.06. The summed E-state index contributed by atoms with van der Waals surface area (Å²) in [5.41, 5.74) is 2.67. The van der Waals surface area contributed by atoms with E-state index in [1.54, 1.807) is 0 Å². The van der Waals surface area contributed by atoms with E-state index in [1.165, 1.54) is 30.4 Å². The molecule has 1 aromatic carbocycles. The van der Waals surface area contributed by atoms with E-state index in [4.69, 9.17) is 9.47 Å². The highest BCUT2D eigenvalue weighted by atomic mass is 16.7. The van der Waals surface area contributed by atoms with E-state index >= 15 is 0 Å². The molecule has 1 fully saturated rings. The van der Waals surface area contributed by atoms with Crippen LogP contribution in [-0.2, 0) is 9.47 Å². The van der Waals surface area contributed by atoms with Gasteiger partial charge in [0, 0.05) is 5.41 Å².